The molecule has 0 aliphatic carbocycles. The molecule has 6 heteroatoms. The lowest BCUT2D eigenvalue weighted by Crippen LogP contribution is -2.38. The van der Waals surface area contributed by atoms with Crippen molar-refractivity contribution in [2.75, 3.05) is 26.2 Å². The molecule has 0 atom stereocenters. The molecule has 2 N–H and O–H groups in total. The Balaban J connectivity index is 1.66. The van der Waals surface area contributed by atoms with Crippen molar-refractivity contribution in [3.8, 4) is 0 Å². The second-order valence-corrected chi connectivity index (χ2v) is 7.70. The first-order chi connectivity index (χ1) is 12.3. The Hall–Kier alpha value is -2.37. The third-order valence-corrected chi connectivity index (χ3v) is 4.52. The van der Waals surface area contributed by atoms with Crippen LogP contribution in [0.4, 0.5) is 0 Å². The van der Waals surface area contributed by atoms with E-state index in [1.807, 2.05) is 17.0 Å². The Morgan fingerprint density at radius 1 is 1.12 bits per heavy atom. The predicted molar refractivity (Wildman–Crippen MR) is 101 cm³/mol. The minimum atomic E-state index is -0.261. The molecule has 1 aliphatic rings. The first-order valence-electron chi connectivity index (χ1n) is 9.20. The molecule has 26 heavy (non-hydrogen) atoms. The van der Waals surface area contributed by atoms with Crippen LogP contribution in [0.5, 0.6) is 0 Å². The highest BCUT2D eigenvalue weighted by Gasteiger charge is 2.19. The van der Waals surface area contributed by atoms with Gasteiger partial charge in [0.1, 0.15) is 0 Å². The highest BCUT2D eigenvalue weighted by atomic mass is 16.2. The summed E-state index contributed by atoms with van der Waals surface area (Å²) in [4.78, 5) is 37.2. The van der Waals surface area contributed by atoms with Gasteiger partial charge in [0.25, 0.3) is 5.91 Å². The van der Waals surface area contributed by atoms with Gasteiger partial charge in [0.2, 0.25) is 11.8 Å². The van der Waals surface area contributed by atoms with E-state index in [1.165, 1.54) is 0 Å². The monoisotopic (exact) mass is 359 g/mol. The van der Waals surface area contributed by atoms with Crippen molar-refractivity contribution in [2.45, 2.75) is 45.4 Å². The Morgan fingerprint density at radius 3 is 2.38 bits per heavy atom. The van der Waals surface area contributed by atoms with Gasteiger partial charge in [-0.15, -0.1) is 0 Å². The zero-order chi connectivity index (χ0) is 19.2. The van der Waals surface area contributed by atoms with Crippen molar-refractivity contribution in [3.05, 3.63) is 35.4 Å². The van der Waals surface area contributed by atoms with E-state index in [4.69, 9.17) is 0 Å². The average Bonchev–Trinajstić information content (AvgIpc) is 3.01. The summed E-state index contributed by atoms with van der Waals surface area (Å²) >= 11 is 0. The minimum Gasteiger partial charge on any atom is -0.355 e. The van der Waals surface area contributed by atoms with Gasteiger partial charge < -0.3 is 15.5 Å². The fourth-order valence-electron chi connectivity index (χ4n) is 2.88. The van der Waals surface area contributed by atoms with Crippen molar-refractivity contribution >= 4 is 17.7 Å². The SMILES string of the molecule is CC(C)(C)c1ccc(C(=O)NCC(=O)NCCCN2CCCC2=O)cc1. The van der Waals surface area contributed by atoms with Crippen molar-refractivity contribution in [3.63, 3.8) is 0 Å². The van der Waals surface area contributed by atoms with E-state index in [-0.39, 0.29) is 29.7 Å². The molecule has 1 heterocycles. The summed E-state index contributed by atoms with van der Waals surface area (Å²) in [6.45, 7) is 8.29. The van der Waals surface area contributed by atoms with Gasteiger partial charge in [-0.2, -0.15) is 0 Å². The van der Waals surface area contributed by atoms with E-state index in [1.54, 1.807) is 12.1 Å². The molecule has 1 fully saturated rings. The zero-order valence-corrected chi connectivity index (χ0v) is 15.9. The second kappa shape index (κ2) is 8.83. The van der Waals surface area contributed by atoms with E-state index in [2.05, 4.69) is 31.4 Å². The molecule has 0 unspecified atom stereocenters. The summed E-state index contributed by atoms with van der Waals surface area (Å²) in [5.41, 5.74) is 1.73. The van der Waals surface area contributed by atoms with Gasteiger partial charge in [-0.1, -0.05) is 32.9 Å². The number of benzene rings is 1. The van der Waals surface area contributed by atoms with E-state index in [0.717, 1.165) is 24.9 Å². The number of nitrogens with one attached hydrogen (secondary N) is 2. The molecule has 0 bridgehead atoms. The molecule has 142 valence electrons. The standard InChI is InChI=1S/C20H29N3O3/c1-20(2,3)16-9-7-15(8-10-16)19(26)22-14-17(24)21-11-5-13-23-12-4-6-18(23)25/h7-10H,4-6,11-14H2,1-3H3,(H,21,24)(H,22,26). The third kappa shape index (κ3) is 5.86. The molecule has 6 nitrogen and oxygen atoms in total. The maximum absolute atomic E-state index is 12.1. The summed E-state index contributed by atoms with van der Waals surface area (Å²) in [6.07, 6.45) is 2.28. The van der Waals surface area contributed by atoms with Crippen LogP contribution in [-0.4, -0.2) is 48.8 Å². The average molecular weight is 359 g/mol. The van der Waals surface area contributed by atoms with Gasteiger partial charge in [-0.3, -0.25) is 14.4 Å². The maximum atomic E-state index is 12.1. The van der Waals surface area contributed by atoms with Crippen LogP contribution in [0, 0.1) is 0 Å². The van der Waals surface area contributed by atoms with Crippen LogP contribution < -0.4 is 10.6 Å². The first-order valence-corrected chi connectivity index (χ1v) is 9.20. The Morgan fingerprint density at radius 2 is 1.81 bits per heavy atom. The summed E-state index contributed by atoms with van der Waals surface area (Å²) in [5.74, 6) is -0.290. The van der Waals surface area contributed by atoms with Crippen molar-refractivity contribution in [1.29, 1.82) is 0 Å². The van der Waals surface area contributed by atoms with Crippen molar-refractivity contribution in [2.24, 2.45) is 0 Å². The number of hydrogen-bond donors (Lipinski definition) is 2. The van der Waals surface area contributed by atoms with E-state index < -0.39 is 0 Å². The summed E-state index contributed by atoms with van der Waals surface area (Å²) in [5, 5.41) is 5.40. The summed E-state index contributed by atoms with van der Waals surface area (Å²) in [6, 6.07) is 7.44. The largest absolute Gasteiger partial charge is 0.355 e. The summed E-state index contributed by atoms with van der Waals surface area (Å²) in [7, 11) is 0. The first kappa shape index (κ1) is 19.9. The summed E-state index contributed by atoms with van der Waals surface area (Å²) < 4.78 is 0. The number of carbonyl (C=O) groups is 3. The van der Waals surface area contributed by atoms with Gasteiger partial charge in [-0.25, -0.2) is 0 Å². The van der Waals surface area contributed by atoms with E-state index >= 15 is 0 Å². The van der Waals surface area contributed by atoms with Crippen LogP contribution in [0.1, 0.15) is 56.0 Å². The van der Waals surface area contributed by atoms with Crippen LogP contribution in [0.15, 0.2) is 24.3 Å². The predicted octanol–water partition coefficient (Wildman–Crippen LogP) is 1.84. The zero-order valence-electron chi connectivity index (χ0n) is 15.9. The van der Waals surface area contributed by atoms with Gasteiger partial charge in [0, 0.05) is 31.6 Å². The lowest BCUT2D eigenvalue weighted by Gasteiger charge is -2.19. The van der Waals surface area contributed by atoms with Crippen LogP contribution in [0.2, 0.25) is 0 Å². The van der Waals surface area contributed by atoms with Gasteiger partial charge in [0.05, 0.1) is 6.54 Å². The molecule has 0 radical (unpaired) electrons. The molecule has 1 aromatic carbocycles. The minimum absolute atomic E-state index is 0.0363. The number of carbonyl (C=O) groups excluding carboxylic acids is 3. The van der Waals surface area contributed by atoms with Crippen molar-refractivity contribution < 1.29 is 14.4 Å². The number of likely N-dealkylation sites (tertiary alicyclic amines) is 1. The maximum Gasteiger partial charge on any atom is 0.251 e. The van der Waals surface area contributed by atoms with Crippen LogP contribution in [0.3, 0.4) is 0 Å². The fourth-order valence-corrected chi connectivity index (χ4v) is 2.88. The lowest BCUT2D eigenvalue weighted by molar-refractivity contribution is -0.127. The molecule has 0 saturated carbocycles. The van der Waals surface area contributed by atoms with Crippen LogP contribution >= 0.6 is 0 Å². The molecular formula is C20H29N3O3. The normalized spacial score (nSPS) is 14.4. The number of hydrogen-bond acceptors (Lipinski definition) is 3. The van der Waals surface area contributed by atoms with Crippen LogP contribution in [0.25, 0.3) is 0 Å². The molecule has 3 amide bonds. The van der Waals surface area contributed by atoms with Gasteiger partial charge in [-0.05, 0) is 36.0 Å². The Kier molecular flexibility index (Phi) is 6.77. The molecular weight excluding hydrogens is 330 g/mol. The third-order valence-electron chi connectivity index (χ3n) is 4.52. The smallest absolute Gasteiger partial charge is 0.251 e. The number of nitrogens with zero attached hydrogens (tertiary/aromatic N) is 1. The Bertz CT molecular complexity index is 647. The molecule has 1 saturated heterocycles. The van der Waals surface area contributed by atoms with Gasteiger partial charge >= 0.3 is 0 Å². The van der Waals surface area contributed by atoms with Gasteiger partial charge in [0.15, 0.2) is 0 Å². The Labute approximate surface area is 155 Å². The molecule has 1 aromatic rings. The molecule has 0 aromatic heterocycles. The van der Waals surface area contributed by atoms with E-state index in [0.29, 0.717) is 25.1 Å². The highest BCUT2D eigenvalue weighted by Crippen LogP contribution is 2.22. The van der Waals surface area contributed by atoms with Crippen molar-refractivity contribution in [1.82, 2.24) is 15.5 Å². The second-order valence-electron chi connectivity index (χ2n) is 7.70. The molecule has 2 rings (SSSR count). The number of amides is 3. The van der Waals surface area contributed by atoms with E-state index in [9.17, 15) is 14.4 Å². The topological polar surface area (TPSA) is 78.5 Å². The lowest BCUT2D eigenvalue weighted by atomic mass is 9.87. The quantitative estimate of drug-likeness (QED) is 0.729. The van der Waals surface area contributed by atoms with Crippen LogP contribution in [-0.2, 0) is 15.0 Å². The number of rotatable bonds is 7. The molecule has 1 aliphatic heterocycles. The highest BCUT2D eigenvalue weighted by molar-refractivity contribution is 5.96. The fraction of sp³-hybridized carbons (Fsp3) is 0.550. The molecule has 0 spiro atoms.